The summed E-state index contributed by atoms with van der Waals surface area (Å²) in [7, 11) is 0. The third-order valence-electron chi connectivity index (χ3n) is 5.66. The summed E-state index contributed by atoms with van der Waals surface area (Å²) < 4.78 is 5.56. The maximum atomic E-state index is 12.6. The molecule has 0 aromatic heterocycles. The van der Waals surface area contributed by atoms with Crippen molar-refractivity contribution in [1.29, 1.82) is 0 Å². The van der Waals surface area contributed by atoms with Gasteiger partial charge in [0.1, 0.15) is 6.10 Å². The van der Waals surface area contributed by atoms with Crippen LogP contribution in [-0.4, -0.2) is 67.1 Å². The van der Waals surface area contributed by atoms with E-state index in [0.29, 0.717) is 13.2 Å². The molecule has 2 heterocycles. The highest BCUT2D eigenvalue weighted by Crippen LogP contribution is 2.17. The largest absolute Gasteiger partial charge is 0.368 e. The summed E-state index contributed by atoms with van der Waals surface area (Å²) in [5.41, 5.74) is 1.20. The Labute approximate surface area is 195 Å². The van der Waals surface area contributed by atoms with Gasteiger partial charge in [0.05, 0.1) is 6.54 Å². The molecule has 1 N–H and O–H groups in total. The average Bonchev–Trinajstić information content (AvgIpc) is 3.31. The van der Waals surface area contributed by atoms with Gasteiger partial charge in [0.2, 0.25) is 0 Å². The molecule has 1 amide bonds. The van der Waals surface area contributed by atoms with Crippen molar-refractivity contribution >= 4 is 46.6 Å². The highest BCUT2D eigenvalue weighted by molar-refractivity contribution is 14.0. The van der Waals surface area contributed by atoms with Crippen molar-refractivity contribution in [2.45, 2.75) is 32.4 Å². The smallest absolute Gasteiger partial charge is 0.251 e. The SMILES string of the molecule is CCNC(=NCc1ccc2ccccc2c1)N1CCN(C(=O)C2CCCO2)CC1.I. The van der Waals surface area contributed by atoms with Crippen LogP contribution in [0.25, 0.3) is 10.8 Å². The number of nitrogens with one attached hydrogen (secondary N) is 1. The van der Waals surface area contributed by atoms with Crippen molar-refractivity contribution in [2.75, 3.05) is 39.3 Å². The molecular formula is C23H31IN4O2. The van der Waals surface area contributed by atoms with Gasteiger partial charge in [-0.05, 0) is 42.2 Å². The molecule has 6 nitrogen and oxygen atoms in total. The van der Waals surface area contributed by atoms with Gasteiger partial charge in [-0.1, -0.05) is 36.4 Å². The highest BCUT2D eigenvalue weighted by atomic mass is 127. The molecule has 7 heteroatoms. The molecule has 0 bridgehead atoms. The molecule has 4 rings (SSSR count). The summed E-state index contributed by atoms with van der Waals surface area (Å²) in [5, 5.41) is 5.90. The van der Waals surface area contributed by atoms with Crippen LogP contribution in [0.4, 0.5) is 0 Å². The molecule has 2 aromatic carbocycles. The first kappa shape index (κ1) is 22.8. The summed E-state index contributed by atoms with van der Waals surface area (Å²) in [4.78, 5) is 21.6. The standard InChI is InChI=1S/C23H30N4O2.HI/c1-2-24-23(25-17-18-9-10-19-6-3-4-7-20(19)16-18)27-13-11-26(12-14-27)22(28)21-8-5-15-29-21;/h3-4,6-7,9-10,16,21H,2,5,8,11-15,17H2,1H3,(H,24,25);1H. The van der Waals surface area contributed by atoms with Crippen LogP contribution >= 0.6 is 24.0 Å². The number of fused-ring (bicyclic) bond motifs is 1. The zero-order valence-corrected chi connectivity index (χ0v) is 19.9. The van der Waals surface area contributed by atoms with Gasteiger partial charge in [0.25, 0.3) is 5.91 Å². The van der Waals surface area contributed by atoms with E-state index in [2.05, 4.69) is 59.6 Å². The van der Waals surface area contributed by atoms with E-state index >= 15 is 0 Å². The second-order valence-electron chi connectivity index (χ2n) is 7.67. The summed E-state index contributed by atoms with van der Waals surface area (Å²) in [6.07, 6.45) is 1.62. The van der Waals surface area contributed by atoms with Crippen LogP contribution in [0.2, 0.25) is 0 Å². The Hall–Kier alpha value is -1.87. The predicted molar refractivity (Wildman–Crippen MR) is 131 cm³/mol. The van der Waals surface area contributed by atoms with Crippen LogP contribution < -0.4 is 5.32 Å². The van der Waals surface area contributed by atoms with E-state index in [-0.39, 0.29) is 36.0 Å². The lowest BCUT2D eigenvalue weighted by Crippen LogP contribution is -2.55. The van der Waals surface area contributed by atoms with Crippen molar-refractivity contribution in [3.8, 4) is 0 Å². The van der Waals surface area contributed by atoms with Crippen molar-refractivity contribution in [3.05, 3.63) is 48.0 Å². The zero-order chi connectivity index (χ0) is 20.1. The molecule has 30 heavy (non-hydrogen) atoms. The van der Waals surface area contributed by atoms with E-state index in [4.69, 9.17) is 9.73 Å². The minimum absolute atomic E-state index is 0. The summed E-state index contributed by atoms with van der Waals surface area (Å²) in [6, 6.07) is 14.9. The van der Waals surface area contributed by atoms with E-state index in [1.807, 2.05) is 4.90 Å². The molecule has 162 valence electrons. The number of ether oxygens (including phenoxy) is 1. The van der Waals surface area contributed by atoms with Crippen LogP contribution in [0.1, 0.15) is 25.3 Å². The number of hydrogen-bond donors (Lipinski definition) is 1. The van der Waals surface area contributed by atoms with E-state index in [9.17, 15) is 4.79 Å². The Balaban J connectivity index is 0.00000256. The Kier molecular flexibility index (Phi) is 8.32. The van der Waals surface area contributed by atoms with Crippen LogP contribution in [0.15, 0.2) is 47.5 Å². The topological polar surface area (TPSA) is 57.2 Å². The van der Waals surface area contributed by atoms with Gasteiger partial charge in [-0.2, -0.15) is 0 Å². The van der Waals surface area contributed by atoms with Crippen LogP contribution in [0.5, 0.6) is 0 Å². The lowest BCUT2D eigenvalue weighted by atomic mass is 10.1. The van der Waals surface area contributed by atoms with E-state index in [1.165, 1.54) is 16.3 Å². The van der Waals surface area contributed by atoms with E-state index < -0.39 is 0 Å². The number of aliphatic imine (C=N–C) groups is 1. The van der Waals surface area contributed by atoms with Gasteiger partial charge in [-0.15, -0.1) is 24.0 Å². The fourth-order valence-corrected chi connectivity index (χ4v) is 4.04. The Bertz CT molecular complexity index is 874. The molecule has 0 saturated carbocycles. The van der Waals surface area contributed by atoms with Gasteiger partial charge in [-0.3, -0.25) is 4.79 Å². The summed E-state index contributed by atoms with van der Waals surface area (Å²) in [6.45, 7) is 7.29. The Morgan fingerprint density at radius 1 is 1.10 bits per heavy atom. The molecule has 0 aliphatic carbocycles. The minimum Gasteiger partial charge on any atom is -0.368 e. The quantitative estimate of drug-likeness (QED) is 0.381. The molecule has 1 unspecified atom stereocenters. The number of benzene rings is 2. The van der Waals surface area contributed by atoms with Crippen molar-refractivity contribution < 1.29 is 9.53 Å². The number of hydrogen-bond acceptors (Lipinski definition) is 3. The fourth-order valence-electron chi connectivity index (χ4n) is 4.04. The third kappa shape index (κ3) is 5.43. The normalized spacial score (nSPS) is 19.6. The molecule has 0 spiro atoms. The average molecular weight is 522 g/mol. The fraction of sp³-hybridized carbons (Fsp3) is 0.478. The predicted octanol–water partition coefficient (Wildman–Crippen LogP) is 3.25. The van der Waals surface area contributed by atoms with Gasteiger partial charge in [0, 0.05) is 39.3 Å². The second-order valence-corrected chi connectivity index (χ2v) is 7.67. The number of halogens is 1. The first-order valence-electron chi connectivity index (χ1n) is 10.7. The maximum Gasteiger partial charge on any atom is 0.251 e. The second kappa shape index (κ2) is 10.9. The van der Waals surface area contributed by atoms with Crippen LogP contribution in [-0.2, 0) is 16.1 Å². The zero-order valence-electron chi connectivity index (χ0n) is 17.5. The summed E-state index contributed by atoms with van der Waals surface area (Å²) in [5.74, 6) is 1.07. The molecular weight excluding hydrogens is 491 g/mol. The number of carbonyl (C=O) groups is 1. The first-order chi connectivity index (χ1) is 14.2. The highest BCUT2D eigenvalue weighted by Gasteiger charge is 2.30. The Morgan fingerprint density at radius 2 is 1.83 bits per heavy atom. The molecule has 2 fully saturated rings. The van der Waals surface area contributed by atoms with Gasteiger partial charge < -0.3 is 19.9 Å². The number of nitrogens with zero attached hydrogens (tertiary/aromatic N) is 3. The molecule has 1 atom stereocenters. The maximum absolute atomic E-state index is 12.6. The molecule has 0 radical (unpaired) electrons. The van der Waals surface area contributed by atoms with E-state index in [1.54, 1.807) is 0 Å². The van der Waals surface area contributed by atoms with Crippen LogP contribution in [0, 0.1) is 0 Å². The molecule has 2 saturated heterocycles. The Morgan fingerprint density at radius 3 is 2.53 bits per heavy atom. The lowest BCUT2D eigenvalue weighted by Gasteiger charge is -2.37. The van der Waals surface area contributed by atoms with E-state index in [0.717, 1.165) is 51.5 Å². The monoisotopic (exact) mass is 522 g/mol. The third-order valence-corrected chi connectivity index (χ3v) is 5.66. The minimum atomic E-state index is -0.226. The number of guanidine groups is 1. The number of piperazine rings is 1. The molecule has 2 aliphatic rings. The number of rotatable bonds is 4. The molecule has 2 aromatic rings. The van der Waals surface area contributed by atoms with Crippen LogP contribution in [0.3, 0.4) is 0 Å². The van der Waals surface area contributed by atoms with Gasteiger partial charge >= 0.3 is 0 Å². The van der Waals surface area contributed by atoms with Gasteiger partial charge in [-0.25, -0.2) is 4.99 Å². The lowest BCUT2D eigenvalue weighted by molar-refractivity contribution is -0.142. The summed E-state index contributed by atoms with van der Waals surface area (Å²) >= 11 is 0. The van der Waals surface area contributed by atoms with Crippen molar-refractivity contribution in [2.24, 2.45) is 4.99 Å². The first-order valence-corrected chi connectivity index (χ1v) is 10.7. The van der Waals surface area contributed by atoms with Gasteiger partial charge in [0.15, 0.2) is 5.96 Å². The van der Waals surface area contributed by atoms with Crippen molar-refractivity contribution in [3.63, 3.8) is 0 Å². The molecule has 2 aliphatic heterocycles. The number of carbonyl (C=O) groups excluding carboxylic acids is 1. The van der Waals surface area contributed by atoms with Crippen molar-refractivity contribution in [1.82, 2.24) is 15.1 Å². The number of amides is 1.